The lowest BCUT2D eigenvalue weighted by atomic mass is 9.80. The van der Waals surface area contributed by atoms with E-state index in [0.717, 1.165) is 27.9 Å². The van der Waals surface area contributed by atoms with E-state index in [1.807, 2.05) is 25.1 Å². The Morgan fingerprint density at radius 1 is 1.32 bits per heavy atom. The van der Waals surface area contributed by atoms with Crippen LogP contribution in [-0.4, -0.2) is 11.9 Å². The summed E-state index contributed by atoms with van der Waals surface area (Å²) in [6.07, 6.45) is 3.52. The topological polar surface area (TPSA) is 29.1 Å². The normalized spacial score (nSPS) is 27.1. The van der Waals surface area contributed by atoms with Gasteiger partial charge in [0, 0.05) is 16.1 Å². The fourth-order valence-electron chi connectivity index (χ4n) is 2.98. The maximum Gasteiger partial charge on any atom is 0.251 e. The average molecular weight is 324 g/mol. The first-order valence-electron chi connectivity index (χ1n) is 7.05. The highest BCUT2D eigenvalue weighted by Gasteiger charge is 2.27. The lowest BCUT2D eigenvalue weighted by molar-refractivity contribution is 0.0899. The Labute approximate surface area is 124 Å². The number of hydrogen-bond donors (Lipinski definition) is 1. The maximum atomic E-state index is 12.4. The number of nitrogens with one attached hydrogen (secondary N) is 1. The van der Waals surface area contributed by atoms with Crippen LogP contribution in [0.5, 0.6) is 0 Å². The fourth-order valence-corrected chi connectivity index (χ4v) is 3.35. The van der Waals surface area contributed by atoms with Crippen molar-refractivity contribution in [2.75, 3.05) is 0 Å². The van der Waals surface area contributed by atoms with Crippen LogP contribution in [0.25, 0.3) is 0 Å². The molecule has 0 radical (unpaired) electrons. The van der Waals surface area contributed by atoms with Crippen molar-refractivity contribution >= 4 is 21.8 Å². The zero-order valence-corrected chi connectivity index (χ0v) is 13.5. The molecule has 2 rings (SSSR count). The van der Waals surface area contributed by atoms with Gasteiger partial charge in [-0.3, -0.25) is 4.79 Å². The Morgan fingerprint density at radius 2 is 2.05 bits per heavy atom. The third kappa shape index (κ3) is 3.38. The van der Waals surface area contributed by atoms with Gasteiger partial charge in [-0.15, -0.1) is 0 Å². The number of carbonyl (C=O) groups is 1. The molecule has 0 bridgehead atoms. The minimum atomic E-state index is 0.0604. The van der Waals surface area contributed by atoms with Crippen LogP contribution in [0.4, 0.5) is 0 Å². The van der Waals surface area contributed by atoms with Gasteiger partial charge in [-0.25, -0.2) is 0 Å². The molecule has 2 nitrogen and oxygen atoms in total. The highest BCUT2D eigenvalue weighted by atomic mass is 79.9. The second-order valence-electron chi connectivity index (χ2n) is 5.89. The van der Waals surface area contributed by atoms with Crippen LogP contribution in [0.1, 0.15) is 49.0 Å². The SMILES string of the molecule is Cc1c(Br)cccc1C(=O)NC1CCC(C)CC1C. The van der Waals surface area contributed by atoms with Crippen LogP contribution < -0.4 is 5.32 Å². The molecule has 104 valence electrons. The van der Waals surface area contributed by atoms with Crippen molar-refractivity contribution in [1.29, 1.82) is 0 Å². The molecule has 1 aromatic rings. The van der Waals surface area contributed by atoms with Crippen LogP contribution in [0.2, 0.25) is 0 Å². The molecule has 0 aromatic heterocycles. The molecule has 1 amide bonds. The van der Waals surface area contributed by atoms with Gasteiger partial charge in [0.05, 0.1) is 0 Å². The van der Waals surface area contributed by atoms with E-state index < -0.39 is 0 Å². The molecule has 1 aliphatic rings. The molecule has 0 spiro atoms. The molecule has 0 saturated heterocycles. The predicted octanol–water partition coefficient (Wildman–Crippen LogP) is 4.31. The van der Waals surface area contributed by atoms with E-state index in [-0.39, 0.29) is 5.91 Å². The van der Waals surface area contributed by atoms with E-state index in [1.54, 1.807) is 0 Å². The third-order valence-electron chi connectivity index (χ3n) is 4.26. The second-order valence-corrected chi connectivity index (χ2v) is 6.74. The number of hydrogen-bond acceptors (Lipinski definition) is 1. The molecule has 0 heterocycles. The summed E-state index contributed by atoms with van der Waals surface area (Å²) < 4.78 is 0.991. The van der Waals surface area contributed by atoms with Crippen LogP contribution in [0.15, 0.2) is 22.7 Å². The van der Waals surface area contributed by atoms with E-state index in [1.165, 1.54) is 12.8 Å². The molecule has 3 heteroatoms. The molecule has 1 aromatic carbocycles. The Morgan fingerprint density at radius 3 is 2.74 bits per heavy atom. The van der Waals surface area contributed by atoms with E-state index in [9.17, 15) is 4.79 Å². The minimum absolute atomic E-state index is 0.0604. The van der Waals surface area contributed by atoms with Crippen molar-refractivity contribution in [3.05, 3.63) is 33.8 Å². The van der Waals surface area contributed by atoms with Gasteiger partial charge < -0.3 is 5.32 Å². The van der Waals surface area contributed by atoms with Crippen LogP contribution in [0, 0.1) is 18.8 Å². The van der Waals surface area contributed by atoms with E-state index >= 15 is 0 Å². The first kappa shape index (κ1) is 14.6. The summed E-state index contributed by atoms with van der Waals surface area (Å²) in [4.78, 5) is 12.4. The van der Waals surface area contributed by atoms with Crippen LogP contribution in [-0.2, 0) is 0 Å². The van der Waals surface area contributed by atoms with Crippen molar-refractivity contribution in [2.24, 2.45) is 11.8 Å². The van der Waals surface area contributed by atoms with Gasteiger partial charge in [0.25, 0.3) is 5.91 Å². The number of halogens is 1. The molecule has 1 saturated carbocycles. The largest absolute Gasteiger partial charge is 0.349 e. The standard InChI is InChI=1S/C16H22BrNO/c1-10-7-8-15(11(2)9-10)18-16(19)13-5-4-6-14(17)12(13)3/h4-6,10-11,15H,7-9H2,1-3H3,(H,18,19). The van der Waals surface area contributed by atoms with Crippen molar-refractivity contribution < 1.29 is 4.79 Å². The van der Waals surface area contributed by atoms with E-state index in [2.05, 4.69) is 35.1 Å². The Kier molecular flexibility index (Phi) is 4.67. The summed E-state index contributed by atoms with van der Waals surface area (Å²) in [5, 5.41) is 3.21. The summed E-state index contributed by atoms with van der Waals surface area (Å²) in [5.74, 6) is 1.42. The number of amides is 1. The predicted molar refractivity (Wildman–Crippen MR) is 82.3 cm³/mol. The number of benzene rings is 1. The Bertz CT molecular complexity index is 472. The molecule has 0 aliphatic heterocycles. The molecule has 19 heavy (non-hydrogen) atoms. The molecular formula is C16H22BrNO. The van der Waals surface area contributed by atoms with Crippen molar-refractivity contribution in [3.8, 4) is 0 Å². The molecule has 1 fully saturated rings. The van der Waals surface area contributed by atoms with Gasteiger partial charge in [0.15, 0.2) is 0 Å². The summed E-state index contributed by atoms with van der Waals surface area (Å²) in [7, 11) is 0. The lowest BCUT2D eigenvalue weighted by Crippen LogP contribution is -2.42. The van der Waals surface area contributed by atoms with Crippen molar-refractivity contribution in [2.45, 2.75) is 46.1 Å². The van der Waals surface area contributed by atoms with Crippen LogP contribution in [0.3, 0.4) is 0 Å². The highest BCUT2D eigenvalue weighted by Crippen LogP contribution is 2.29. The monoisotopic (exact) mass is 323 g/mol. The zero-order chi connectivity index (χ0) is 14.0. The highest BCUT2D eigenvalue weighted by molar-refractivity contribution is 9.10. The van der Waals surface area contributed by atoms with Gasteiger partial charge in [-0.2, -0.15) is 0 Å². The fraction of sp³-hybridized carbons (Fsp3) is 0.562. The summed E-state index contributed by atoms with van der Waals surface area (Å²) in [5.41, 5.74) is 1.79. The van der Waals surface area contributed by atoms with Gasteiger partial charge >= 0.3 is 0 Å². The zero-order valence-electron chi connectivity index (χ0n) is 11.9. The maximum absolute atomic E-state index is 12.4. The third-order valence-corrected chi connectivity index (χ3v) is 5.12. The van der Waals surface area contributed by atoms with Gasteiger partial charge in [-0.1, -0.05) is 35.8 Å². The van der Waals surface area contributed by atoms with Crippen LogP contribution >= 0.6 is 15.9 Å². The van der Waals surface area contributed by atoms with Crippen molar-refractivity contribution in [3.63, 3.8) is 0 Å². The molecule has 1 N–H and O–H groups in total. The van der Waals surface area contributed by atoms with Gasteiger partial charge in [-0.05, 0) is 55.7 Å². The van der Waals surface area contributed by atoms with E-state index in [4.69, 9.17) is 0 Å². The summed E-state index contributed by atoms with van der Waals surface area (Å²) in [6, 6.07) is 6.10. The summed E-state index contributed by atoms with van der Waals surface area (Å²) in [6.45, 7) is 6.52. The molecule has 1 aliphatic carbocycles. The van der Waals surface area contributed by atoms with Gasteiger partial charge in [0.1, 0.15) is 0 Å². The van der Waals surface area contributed by atoms with E-state index in [0.29, 0.717) is 12.0 Å². The second kappa shape index (κ2) is 6.08. The first-order valence-corrected chi connectivity index (χ1v) is 7.84. The Balaban J connectivity index is 2.07. The average Bonchev–Trinajstić information content (AvgIpc) is 2.36. The first-order chi connectivity index (χ1) is 8.99. The Hall–Kier alpha value is -0.830. The smallest absolute Gasteiger partial charge is 0.251 e. The molecule has 3 unspecified atom stereocenters. The lowest BCUT2D eigenvalue weighted by Gasteiger charge is -2.33. The molecule has 3 atom stereocenters. The molecular weight excluding hydrogens is 302 g/mol. The van der Waals surface area contributed by atoms with Gasteiger partial charge in [0.2, 0.25) is 0 Å². The quantitative estimate of drug-likeness (QED) is 0.863. The minimum Gasteiger partial charge on any atom is -0.349 e. The number of rotatable bonds is 2. The van der Waals surface area contributed by atoms with Crippen molar-refractivity contribution in [1.82, 2.24) is 5.32 Å². The number of carbonyl (C=O) groups excluding carboxylic acids is 1. The summed E-state index contributed by atoms with van der Waals surface area (Å²) >= 11 is 3.48.